The number of hydrogen-bond donors (Lipinski definition) is 1. The fourth-order valence-corrected chi connectivity index (χ4v) is 3.24. The van der Waals surface area contributed by atoms with Crippen LogP contribution in [0.4, 0.5) is 0 Å². The molecule has 0 radical (unpaired) electrons. The number of nitrogens with two attached hydrogens (primary N) is 1. The molecule has 1 aliphatic rings. The maximum absolute atomic E-state index is 6.36. The van der Waals surface area contributed by atoms with Gasteiger partial charge in [0.05, 0.1) is 7.11 Å². The summed E-state index contributed by atoms with van der Waals surface area (Å²) in [5, 5.41) is 0. The first-order valence-electron chi connectivity index (χ1n) is 6.79. The predicted octanol–water partition coefficient (Wildman–Crippen LogP) is 4.43. The molecule has 1 aromatic carbocycles. The van der Waals surface area contributed by atoms with Gasteiger partial charge in [-0.1, -0.05) is 54.1 Å². The molecule has 18 heavy (non-hydrogen) atoms. The van der Waals surface area contributed by atoms with E-state index in [-0.39, 0.29) is 6.04 Å². The summed E-state index contributed by atoms with van der Waals surface area (Å²) in [7, 11) is 1.71. The highest BCUT2D eigenvalue weighted by molar-refractivity contribution is 9.10. The molecule has 0 heterocycles. The number of methoxy groups -OCH3 is 1. The van der Waals surface area contributed by atoms with Crippen molar-refractivity contribution in [2.45, 2.75) is 44.6 Å². The Hall–Kier alpha value is -0.540. The highest BCUT2D eigenvalue weighted by Gasteiger charge is 2.19. The maximum atomic E-state index is 6.36. The van der Waals surface area contributed by atoms with Gasteiger partial charge in [-0.3, -0.25) is 0 Å². The third-order valence-corrected chi connectivity index (χ3v) is 4.40. The van der Waals surface area contributed by atoms with Gasteiger partial charge >= 0.3 is 0 Å². The van der Waals surface area contributed by atoms with Crippen LogP contribution in [0.1, 0.15) is 50.1 Å². The Labute approximate surface area is 118 Å². The number of rotatable bonds is 4. The van der Waals surface area contributed by atoms with Crippen LogP contribution < -0.4 is 10.5 Å². The molecule has 2 rings (SSSR count). The highest BCUT2D eigenvalue weighted by atomic mass is 79.9. The van der Waals surface area contributed by atoms with Crippen LogP contribution in [-0.4, -0.2) is 7.11 Å². The van der Waals surface area contributed by atoms with E-state index >= 15 is 0 Å². The average Bonchev–Trinajstić information content (AvgIpc) is 2.39. The van der Waals surface area contributed by atoms with Gasteiger partial charge < -0.3 is 10.5 Å². The van der Waals surface area contributed by atoms with Crippen molar-refractivity contribution < 1.29 is 4.74 Å². The lowest BCUT2D eigenvalue weighted by Crippen LogP contribution is -2.18. The first kappa shape index (κ1) is 13.9. The summed E-state index contributed by atoms with van der Waals surface area (Å²) in [6.07, 6.45) is 7.90. The van der Waals surface area contributed by atoms with Gasteiger partial charge in [0.1, 0.15) is 5.75 Å². The second kappa shape index (κ2) is 6.58. The van der Waals surface area contributed by atoms with Crippen molar-refractivity contribution in [3.8, 4) is 5.75 Å². The van der Waals surface area contributed by atoms with Gasteiger partial charge in [-0.15, -0.1) is 0 Å². The molecule has 1 aliphatic carbocycles. The first-order chi connectivity index (χ1) is 8.70. The molecule has 2 nitrogen and oxygen atoms in total. The summed E-state index contributed by atoms with van der Waals surface area (Å²) in [5.41, 5.74) is 7.49. The lowest BCUT2D eigenvalue weighted by Gasteiger charge is -2.25. The van der Waals surface area contributed by atoms with Gasteiger partial charge in [0.2, 0.25) is 0 Å². The molecule has 0 saturated heterocycles. The lowest BCUT2D eigenvalue weighted by atomic mass is 9.83. The molecule has 3 heteroatoms. The number of hydrogen-bond acceptors (Lipinski definition) is 2. The zero-order chi connectivity index (χ0) is 13.0. The highest BCUT2D eigenvalue weighted by Crippen LogP contribution is 2.34. The smallest absolute Gasteiger partial charge is 0.124 e. The Balaban J connectivity index is 2.05. The molecule has 1 saturated carbocycles. The van der Waals surface area contributed by atoms with Crippen LogP contribution in [0.2, 0.25) is 0 Å². The first-order valence-corrected chi connectivity index (χ1v) is 7.59. The topological polar surface area (TPSA) is 35.2 Å². The van der Waals surface area contributed by atoms with Crippen molar-refractivity contribution in [2.24, 2.45) is 11.7 Å². The third kappa shape index (κ3) is 3.48. The van der Waals surface area contributed by atoms with E-state index in [1.807, 2.05) is 12.1 Å². The van der Waals surface area contributed by atoms with E-state index in [0.717, 1.165) is 28.1 Å². The Morgan fingerprint density at radius 3 is 2.72 bits per heavy atom. The molecule has 0 aliphatic heterocycles. The standard InChI is InChI=1S/C15H22BrNO/c1-18-15-10-12(16)7-8-13(15)14(17)9-11-5-3-2-4-6-11/h7-8,10-11,14H,2-6,9,17H2,1H3. The van der Waals surface area contributed by atoms with E-state index in [0.29, 0.717) is 0 Å². The molecule has 0 spiro atoms. The van der Waals surface area contributed by atoms with E-state index in [2.05, 4.69) is 22.0 Å². The van der Waals surface area contributed by atoms with Gasteiger partial charge in [-0.25, -0.2) is 0 Å². The zero-order valence-corrected chi connectivity index (χ0v) is 12.6. The van der Waals surface area contributed by atoms with E-state index in [4.69, 9.17) is 10.5 Å². The van der Waals surface area contributed by atoms with Gasteiger partial charge in [0, 0.05) is 16.1 Å². The molecular weight excluding hydrogens is 290 g/mol. The van der Waals surface area contributed by atoms with Crippen LogP contribution in [0, 0.1) is 5.92 Å². The zero-order valence-electron chi connectivity index (χ0n) is 11.0. The molecule has 100 valence electrons. The molecule has 1 atom stereocenters. The molecule has 1 aromatic rings. The van der Waals surface area contributed by atoms with Crippen LogP contribution >= 0.6 is 15.9 Å². The van der Waals surface area contributed by atoms with E-state index in [1.165, 1.54) is 32.1 Å². The Bertz CT molecular complexity index is 388. The van der Waals surface area contributed by atoms with Crippen LogP contribution in [0.25, 0.3) is 0 Å². The summed E-state index contributed by atoms with van der Waals surface area (Å²) in [6, 6.07) is 6.21. The normalized spacial score (nSPS) is 18.6. The summed E-state index contributed by atoms with van der Waals surface area (Å²) < 4.78 is 6.46. The van der Waals surface area contributed by atoms with E-state index < -0.39 is 0 Å². The largest absolute Gasteiger partial charge is 0.496 e. The minimum atomic E-state index is 0.0937. The second-order valence-electron chi connectivity index (χ2n) is 5.23. The second-order valence-corrected chi connectivity index (χ2v) is 6.15. The van der Waals surface area contributed by atoms with Gasteiger partial charge in [0.25, 0.3) is 0 Å². The summed E-state index contributed by atoms with van der Waals surface area (Å²) >= 11 is 3.46. The Kier molecular flexibility index (Phi) is 5.07. The number of halogens is 1. The average molecular weight is 312 g/mol. The van der Waals surface area contributed by atoms with Crippen LogP contribution in [0.3, 0.4) is 0 Å². The summed E-state index contributed by atoms with van der Waals surface area (Å²) in [5.74, 6) is 1.69. The number of benzene rings is 1. The Morgan fingerprint density at radius 2 is 2.06 bits per heavy atom. The van der Waals surface area contributed by atoms with Crippen molar-refractivity contribution in [3.63, 3.8) is 0 Å². The fourth-order valence-electron chi connectivity index (χ4n) is 2.90. The molecular formula is C15H22BrNO. The van der Waals surface area contributed by atoms with Crippen molar-refractivity contribution in [1.82, 2.24) is 0 Å². The van der Waals surface area contributed by atoms with E-state index in [1.54, 1.807) is 7.11 Å². The lowest BCUT2D eigenvalue weighted by molar-refractivity contribution is 0.315. The molecule has 1 unspecified atom stereocenters. The van der Waals surface area contributed by atoms with Gasteiger partial charge in [0.15, 0.2) is 0 Å². The van der Waals surface area contributed by atoms with Gasteiger partial charge in [-0.2, -0.15) is 0 Å². The van der Waals surface area contributed by atoms with Crippen LogP contribution in [-0.2, 0) is 0 Å². The molecule has 0 aromatic heterocycles. The van der Waals surface area contributed by atoms with Crippen molar-refractivity contribution >= 4 is 15.9 Å². The summed E-state index contributed by atoms with van der Waals surface area (Å²) in [4.78, 5) is 0. The maximum Gasteiger partial charge on any atom is 0.124 e. The quantitative estimate of drug-likeness (QED) is 0.893. The Morgan fingerprint density at radius 1 is 1.33 bits per heavy atom. The minimum Gasteiger partial charge on any atom is -0.496 e. The SMILES string of the molecule is COc1cc(Br)ccc1C(N)CC1CCCCC1. The van der Waals surface area contributed by atoms with E-state index in [9.17, 15) is 0 Å². The van der Waals surface area contributed by atoms with Crippen LogP contribution in [0.5, 0.6) is 5.75 Å². The molecule has 0 bridgehead atoms. The molecule has 0 amide bonds. The fraction of sp³-hybridized carbons (Fsp3) is 0.600. The monoisotopic (exact) mass is 311 g/mol. The number of ether oxygens (including phenoxy) is 1. The van der Waals surface area contributed by atoms with Crippen molar-refractivity contribution in [2.75, 3.05) is 7.11 Å². The van der Waals surface area contributed by atoms with Gasteiger partial charge in [-0.05, 0) is 24.5 Å². The minimum absolute atomic E-state index is 0.0937. The molecule has 2 N–H and O–H groups in total. The van der Waals surface area contributed by atoms with Crippen molar-refractivity contribution in [3.05, 3.63) is 28.2 Å². The predicted molar refractivity (Wildman–Crippen MR) is 78.8 cm³/mol. The molecule has 1 fully saturated rings. The van der Waals surface area contributed by atoms with Crippen LogP contribution in [0.15, 0.2) is 22.7 Å². The summed E-state index contributed by atoms with van der Waals surface area (Å²) in [6.45, 7) is 0. The van der Waals surface area contributed by atoms with Crippen molar-refractivity contribution in [1.29, 1.82) is 0 Å². The third-order valence-electron chi connectivity index (χ3n) is 3.91.